The molecule has 9 nitrogen and oxygen atoms in total. The molecule has 0 radical (unpaired) electrons. The van der Waals surface area contributed by atoms with Crippen molar-refractivity contribution in [1.82, 2.24) is 0 Å². The maximum Gasteiger partial charge on any atom is 0.469 e. The first-order valence-corrected chi connectivity index (χ1v) is 6.29. The van der Waals surface area contributed by atoms with Crippen molar-refractivity contribution >= 4 is 7.82 Å². The van der Waals surface area contributed by atoms with Crippen molar-refractivity contribution in [3.05, 3.63) is 0 Å². The Morgan fingerprint density at radius 2 is 1.88 bits per heavy atom. The average Bonchev–Trinajstić information content (AvgIpc) is 2.22. The Morgan fingerprint density at radius 3 is 2.41 bits per heavy atom. The Labute approximate surface area is 96.5 Å². The molecule has 0 spiro atoms. The molecule has 102 valence electrons. The van der Waals surface area contributed by atoms with Crippen LogP contribution in [0, 0.1) is 0 Å². The number of aliphatic hydroxyl groups is 4. The lowest BCUT2D eigenvalue weighted by atomic mass is 9.97. The fourth-order valence-electron chi connectivity index (χ4n) is 1.44. The molecule has 3 unspecified atom stereocenters. The highest BCUT2D eigenvalue weighted by Crippen LogP contribution is 2.36. The van der Waals surface area contributed by atoms with Gasteiger partial charge in [-0.05, 0) is 0 Å². The Bertz CT molecular complexity index is 291. The molecule has 10 heteroatoms. The number of phosphoric acid groups is 1. The number of phosphoric ester groups is 1. The van der Waals surface area contributed by atoms with Crippen molar-refractivity contribution in [2.24, 2.45) is 0 Å². The third kappa shape index (κ3) is 4.25. The molecule has 17 heavy (non-hydrogen) atoms. The van der Waals surface area contributed by atoms with Gasteiger partial charge >= 0.3 is 7.82 Å². The Kier molecular flexibility index (Phi) is 5.02. The fourth-order valence-corrected chi connectivity index (χ4v) is 1.78. The molecule has 1 aliphatic heterocycles. The molecular formula is C7H15O9P. The highest BCUT2D eigenvalue weighted by Gasteiger charge is 2.41. The van der Waals surface area contributed by atoms with Gasteiger partial charge in [0.1, 0.15) is 30.5 Å². The molecule has 0 bridgehead atoms. The predicted molar refractivity (Wildman–Crippen MR) is 51.8 cm³/mol. The summed E-state index contributed by atoms with van der Waals surface area (Å²) in [5, 5.41) is 37.4. The first-order valence-electron chi connectivity index (χ1n) is 4.76. The van der Waals surface area contributed by atoms with E-state index in [9.17, 15) is 19.9 Å². The second-order valence-corrected chi connectivity index (χ2v) is 4.94. The van der Waals surface area contributed by atoms with Gasteiger partial charge in [0.05, 0.1) is 13.2 Å². The topological polar surface area (TPSA) is 157 Å². The zero-order valence-electron chi connectivity index (χ0n) is 8.66. The van der Waals surface area contributed by atoms with E-state index in [1.54, 1.807) is 0 Å². The summed E-state index contributed by atoms with van der Waals surface area (Å²) < 4.78 is 19.3. The van der Waals surface area contributed by atoms with E-state index in [1.165, 1.54) is 0 Å². The van der Waals surface area contributed by atoms with Crippen LogP contribution in [0.1, 0.15) is 0 Å². The monoisotopic (exact) mass is 274 g/mol. The van der Waals surface area contributed by atoms with Crippen LogP contribution in [0.3, 0.4) is 0 Å². The average molecular weight is 274 g/mol. The third-order valence-electron chi connectivity index (χ3n) is 2.33. The van der Waals surface area contributed by atoms with Crippen molar-refractivity contribution in [1.29, 1.82) is 0 Å². The van der Waals surface area contributed by atoms with Crippen molar-refractivity contribution < 1.29 is 44.0 Å². The second-order valence-electron chi connectivity index (χ2n) is 3.70. The first-order chi connectivity index (χ1) is 7.72. The van der Waals surface area contributed by atoms with Gasteiger partial charge in [0.25, 0.3) is 0 Å². The lowest BCUT2D eigenvalue weighted by molar-refractivity contribution is -0.214. The lowest BCUT2D eigenvalue weighted by Gasteiger charge is -2.37. The summed E-state index contributed by atoms with van der Waals surface area (Å²) in [5.74, 6) is 0. The molecule has 0 amide bonds. The number of aliphatic hydroxyl groups excluding tert-OH is 4. The van der Waals surface area contributed by atoms with Crippen molar-refractivity contribution in [2.45, 2.75) is 30.5 Å². The zero-order valence-corrected chi connectivity index (χ0v) is 9.55. The SMILES string of the molecule is O=P(O)(O)OC[C@@H](O)C1OCC(O)C(O)[C@@H]1O. The minimum absolute atomic E-state index is 0.310. The smallest absolute Gasteiger partial charge is 0.388 e. The normalized spacial score (nSPS) is 36.8. The van der Waals surface area contributed by atoms with Gasteiger partial charge in [0.2, 0.25) is 0 Å². The van der Waals surface area contributed by atoms with Crippen LogP contribution in [0.4, 0.5) is 0 Å². The van der Waals surface area contributed by atoms with Gasteiger partial charge in [-0.25, -0.2) is 4.57 Å². The van der Waals surface area contributed by atoms with Crippen LogP contribution < -0.4 is 0 Å². The van der Waals surface area contributed by atoms with Crippen LogP contribution in [0.25, 0.3) is 0 Å². The van der Waals surface area contributed by atoms with Gasteiger partial charge < -0.3 is 34.9 Å². The molecule has 6 N–H and O–H groups in total. The Hall–Kier alpha value is -0.0900. The van der Waals surface area contributed by atoms with Crippen molar-refractivity contribution in [3.63, 3.8) is 0 Å². The predicted octanol–water partition coefficient (Wildman–Crippen LogP) is -3.06. The molecule has 1 rings (SSSR count). The molecular weight excluding hydrogens is 259 g/mol. The van der Waals surface area contributed by atoms with E-state index >= 15 is 0 Å². The lowest BCUT2D eigenvalue weighted by Crippen LogP contribution is -2.57. The molecule has 1 heterocycles. The van der Waals surface area contributed by atoms with Gasteiger partial charge in [0.15, 0.2) is 0 Å². The summed E-state index contributed by atoms with van der Waals surface area (Å²) in [6.45, 7) is -1.08. The number of ether oxygens (including phenoxy) is 1. The van der Waals surface area contributed by atoms with Gasteiger partial charge in [-0.1, -0.05) is 0 Å². The Balaban J connectivity index is 2.52. The third-order valence-corrected chi connectivity index (χ3v) is 2.82. The highest BCUT2D eigenvalue weighted by molar-refractivity contribution is 7.46. The Morgan fingerprint density at radius 1 is 1.29 bits per heavy atom. The summed E-state index contributed by atoms with van der Waals surface area (Å²) in [5.41, 5.74) is 0. The quantitative estimate of drug-likeness (QED) is 0.293. The van der Waals surface area contributed by atoms with E-state index in [0.717, 1.165) is 0 Å². The first kappa shape index (κ1) is 15.0. The number of rotatable bonds is 4. The van der Waals surface area contributed by atoms with E-state index < -0.39 is 44.9 Å². The van der Waals surface area contributed by atoms with Gasteiger partial charge in [0, 0.05) is 0 Å². The number of hydrogen-bond acceptors (Lipinski definition) is 7. The fraction of sp³-hybridized carbons (Fsp3) is 1.00. The van der Waals surface area contributed by atoms with Crippen LogP contribution in [0.15, 0.2) is 0 Å². The van der Waals surface area contributed by atoms with Crippen LogP contribution in [0.5, 0.6) is 0 Å². The van der Waals surface area contributed by atoms with E-state index in [1.807, 2.05) is 0 Å². The van der Waals surface area contributed by atoms with Gasteiger partial charge in [-0.2, -0.15) is 0 Å². The molecule has 1 saturated heterocycles. The van der Waals surface area contributed by atoms with Crippen LogP contribution in [0.2, 0.25) is 0 Å². The van der Waals surface area contributed by atoms with Crippen molar-refractivity contribution in [3.8, 4) is 0 Å². The van der Waals surface area contributed by atoms with Crippen molar-refractivity contribution in [2.75, 3.05) is 13.2 Å². The summed E-state index contributed by atoms with van der Waals surface area (Å²) in [6, 6.07) is 0. The standard InChI is InChI=1S/C7H15O9P/c8-3-1-15-7(6(11)5(3)10)4(9)2-16-17(12,13)14/h3-11H,1-2H2,(H2,12,13,14)/t3?,4-,5?,6+,7?/m1/s1. The summed E-state index contributed by atoms with van der Waals surface area (Å²) >= 11 is 0. The minimum Gasteiger partial charge on any atom is -0.388 e. The largest absolute Gasteiger partial charge is 0.469 e. The molecule has 1 fully saturated rings. The minimum atomic E-state index is -4.73. The maximum atomic E-state index is 10.4. The van der Waals surface area contributed by atoms with Gasteiger partial charge in [-0.15, -0.1) is 0 Å². The molecule has 0 aliphatic carbocycles. The summed E-state index contributed by atoms with van der Waals surface area (Å²) in [4.78, 5) is 16.8. The molecule has 5 atom stereocenters. The molecule has 0 aromatic carbocycles. The van der Waals surface area contributed by atoms with E-state index in [-0.39, 0.29) is 6.61 Å². The summed E-state index contributed by atoms with van der Waals surface area (Å²) in [7, 11) is -4.73. The molecule has 1 aliphatic rings. The van der Waals surface area contributed by atoms with E-state index in [2.05, 4.69) is 4.52 Å². The van der Waals surface area contributed by atoms with Crippen LogP contribution in [-0.2, 0) is 13.8 Å². The molecule has 0 aromatic rings. The second kappa shape index (κ2) is 5.70. The summed E-state index contributed by atoms with van der Waals surface area (Å²) in [6.07, 6.45) is -7.19. The van der Waals surface area contributed by atoms with Crippen LogP contribution in [-0.4, -0.2) is 73.9 Å². The zero-order chi connectivity index (χ0) is 13.2. The van der Waals surface area contributed by atoms with E-state index in [0.29, 0.717) is 0 Å². The molecule has 0 aromatic heterocycles. The van der Waals surface area contributed by atoms with Crippen LogP contribution >= 0.6 is 7.82 Å². The molecule has 0 saturated carbocycles. The van der Waals surface area contributed by atoms with Gasteiger partial charge in [-0.3, -0.25) is 4.52 Å². The maximum absolute atomic E-state index is 10.4. The van der Waals surface area contributed by atoms with E-state index in [4.69, 9.17) is 19.6 Å². The highest BCUT2D eigenvalue weighted by atomic mass is 31.2. The number of hydrogen-bond donors (Lipinski definition) is 6.